The summed E-state index contributed by atoms with van der Waals surface area (Å²) in [4.78, 5) is 33.0. The van der Waals surface area contributed by atoms with Gasteiger partial charge in [-0.05, 0) is 31.2 Å². The second-order valence-electron chi connectivity index (χ2n) is 7.36. The Morgan fingerprint density at radius 1 is 1.00 bits per heavy atom. The zero-order valence-electron chi connectivity index (χ0n) is 17.0. The van der Waals surface area contributed by atoms with Crippen molar-refractivity contribution in [3.63, 3.8) is 0 Å². The predicted octanol–water partition coefficient (Wildman–Crippen LogP) is 1.41. The molecule has 0 unspecified atom stereocenters. The van der Waals surface area contributed by atoms with Crippen LogP contribution in [0.4, 0.5) is 10.7 Å². The largest absolute Gasteiger partial charge is 0.342 e. The van der Waals surface area contributed by atoms with E-state index >= 15 is 0 Å². The molecule has 3 aromatic rings. The number of piperazine rings is 1. The fourth-order valence-corrected chi connectivity index (χ4v) is 3.61. The van der Waals surface area contributed by atoms with E-state index in [0.29, 0.717) is 19.5 Å². The summed E-state index contributed by atoms with van der Waals surface area (Å²) >= 11 is 0. The van der Waals surface area contributed by atoms with Gasteiger partial charge in [0, 0.05) is 58.1 Å². The van der Waals surface area contributed by atoms with Gasteiger partial charge in [-0.25, -0.2) is 19.7 Å². The van der Waals surface area contributed by atoms with E-state index in [2.05, 4.69) is 40.4 Å². The molecular formula is C21H28N8O. The highest BCUT2D eigenvalue weighted by atomic mass is 16.2. The number of carbonyl (C=O) groups is 1. The van der Waals surface area contributed by atoms with Crippen molar-refractivity contribution in [1.82, 2.24) is 35.5 Å². The highest BCUT2D eigenvalue weighted by Crippen LogP contribution is 2.11. The number of hydrogen-bond donors (Lipinski definition) is 3. The molecule has 158 valence electrons. The summed E-state index contributed by atoms with van der Waals surface area (Å²) in [6.07, 6.45) is 5.17. The first-order valence-electron chi connectivity index (χ1n) is 10.5. The molecule has 0 radical (unpaired) electrons. The smallest absolute Gasteiger partial charge is 0.314 e. The summed E-state index contributed by atoms with van der Waals surface area (Å²) in [5.74, 6) is 1.69. The lowest BCUT2D eigenvalue weighted by Gasteiger charge is -2.34. The first-order valence-corrected chi connectivity index (χ1v) is 10.5. The molecule has 0 atom stereocenters. The van der Waals surface area contributed by atoms with Crippen LogP contribution < -0.4 is 15.5 Å². The summed E-state index contributed by atoms with van der Waals surface area (Å²) in [6.45, 7) is 6.03. The molecule has 9 heteroatoms. The van der Waals surface area contributed by atoms with Gasteiger partial charge in [0.1, 0.15) is 5.82 Å². The molecule has 1 saturated heterocycles. The van der Waals surface area contributed by atoms with Crippen molar-refractivity contribution in [3.05, 3.63) is 48.5 Å². The van der Waals surface area contributed by atoms with Crippen molar-refractivity contribution < 1.29 is 4.79 Å². The topological polar surface area (TPSA) is 102 Å². The Balaban J connectivity index is 1.07. The van der Waals surface area contributed by atoms with E-state index in [1.165, 1.54) is 0 Å². The minimum Gasteiger partial charge on any atom is -0.342 e. The Bertz CT molecular complexity index is 903. The Hall–Kier alpha value is -3.20. The van der Waals surface area contributed by atoms with Crippen LogP contribution in [0.15, 0.2) is 42.7 Å². The molecule has 1 aromatic carbocycles. The van der Waals surface area contributed by atoms with Gasteiger partial charge in [0.25, 0.3) is 0 Å². The van der Waals surface area contributed by atoms with Crippen LogP contribution in [0.25, 0.3) is 11.0 Å². The minimum atomic E-state index is -0.128. The molecular weight excluding hydrogens is 380 g/mol. The van der Waals surface area contributed by atoms with Crippen LogP contribution in [0, 0.1) is 0 Å². The molecule has 3 N–H and O–H groups in total. The average molecular weight is 409 g/mol. The molecule has 9 nitrogen and oxygen atoms in total. The van der Waals surface area contributed by atoms with E-state index in [1.807, 2.05) is 30.3 Å². The number of imidazole rings is 1. The standard InChI is InChI=1S/C21H28N8O/c30-21(25-11-7-19-26-17-5-1-2-6-18(17)27-19)24-10-4-12-28-13-15-29(16-14-28)20-22-8-3-9-23-20/h1-3,5-6,8-9H,4,7,10-16H2,(H,26,27)(H2,24,25,30). The number of benzene rings is 1. The first kappa shape index (κ1) is 20.1. The highest BCUT2D eigenvalue weighted by molar-refractivity contribution is 5.75. The van der Waals surface area contributed by atoms with Crippen molar-refractivity contribution in [2.75, 3.05) is 50.7 Å². The van der Waals surface area contributed by atoms with Gasteiger partial charge in [0.15, 0.2) is 0 Å². The number of fused-ring (bicyclic) bond motifs is 1. The third-order valence-electron chi connectivity index (χ3n) is 5.23. The van der Waals surface area contributed by atoms with Gasteiger partial charge in [-0.15, -0.1) is 0 Å². The Morgan fingerprint density at radius 2 is 1.77 bits per heavy atom. The van der Waals surface area contributed by atoms with Crippen LogP contribution in [0.5, 0.6) is 0 Å². The minimum absolute atomic E-state index is 0.128. The zero-order valence-corrected chi connectivity index (χ0v) is 17.0. The van der Waals surface area contributed by atoms with Crippen LogP contribution >= 0.6 is 0 Å². The van der Waals surface area contributed by atoms with Crippen LogP contribution in [0.3, 0.4) is 0 Å². The second-order valence-corrected chi connectivity index (χ2v) is 7.36. The molecule has 3 heterocycles. The van der Waals surface area contributed by atoms with Crippen LogP contribution in [0.1, 0.15) is 12.2 Å². The number of aromatic amines is 1. The Kier molecular flexibility index (Phi) is 6.71. The molecule has 0 spiro atoms. The molecule has 0 bridgehead atoms. The molecule has 1 aliphatic heterocycles. The van der Waals surface area contributed by atoms with Gasteiger partial charge in [0.05, 0.1) is 11.0 Å². The van der Waals surface area contributed by atoms with Gasteiger partial charge in [0.2, 0.25) is 5.95 Å². The summed E-state index contributed by atoms with van der Waals surface area (Å²) in [7, 11) is 0. The molecule has 1 fully saturated rings. The van der Waals surface area contributed by atoms with Crippen LogP contribution in [-0.2, 0) is 6.42 Å². The van der Waals surface area contributed by atoms with E-state index in [-0.39, 0.29) is 6.03 Å². The number of rotatable bonds is 8. The number of nitrogens with zero attached hydrogens (tertiary/aromatic N) is 5. The zero-order chi connectivity index (χ0) is 20.6. The Morgan fingerprint density at radius 3 is 2.57 bits per heavy atom. The molecule has 30 heavy (non-hydrogen) atoms. The maximum Gasteiger partial charge on any atom is 0.314 e. The fourth-order valence-electron chi connectivity index (χ4n) is 3.61. The number of amides is 2. The van der Waals surface area contributed by atoms with Gasteiger partial charge in [-0.3, -0.25) is 4.90 Å². The molecule has 2 aromatic heterocycles. The number of aromatic nitrogens is 4. The van der Waals surface area contributed by atoms with E-state index in [0.717, 1.165) is 62.0 Å². The summed E-state index contributed by atoms with van der Waals surface area (Å²) in [5.41, 5.74) is 1.98. The third kappa shape index (κ3) is 5.44. The van der Waals surface area contributed by atoms with Crippen molar-refractivity contribution >= 4 is 23.0 Å². The maximum absolute atomic E-state index is 12.0. The number of carbonyl (C=O) groups excluding carboxylic acids is 1. The van der Waals surface area contributed by atoms with Crippen molar-refractivity contribution in [2.45, 2.75) is 12.8 Å². The number of H-pyrrole nitrogens is 1. The van der Waals surface area contributed by atoms with Crippen molar-refractivity contribution in [2.24, 2.45) is 0 Å². The average Bonchev–Trinajstić information content (AvgIpc) is 3.20. The van der Waals surface area contributed by atoms with Gasteiger partial charge >= 0.3 is 6.03 Å². The summed E-state index contributed by atoms with van der Waals surface area (Å²) < 4.78 is 0. The number of anilines is 1. The first-order chi connectivity index (χ1) is 14.8. The molecule has 1 aliphatic rings. The number of hydrogen-bond acceptors (Lipinski definition) is 6. The number of urea groups is 1. The SMILES string of the molecule is O=C(NCCCN1CCN(c2ncccn2)CC1)NCCc1nc2ccccc2[nH]1. The molecule has 2 amide bonds. The molecule has 0 saturated carbocycles. The van der Waals surface area contributed by atoms with E-state index in [9.17, 15) is 4.79 Å². The van der Waals surface area contributed by atoms with Crippen LogP contribution in [0.2, 0.25) is 0 Å². The highest BCUT2D eigenvalue weighted by Gasteiger charge is 2.18. The summed E-state index contributed by atoms with van der Waals surface area (Å²) in [6, 6.07) is 9.63. The van der Waals surface area contributed by atoms with Gasteiger partial charge < -0.3 is 20.5 Å². The number of nitrogens with one attached hydrogen (secondary N) is 3. The molecule has 4 rings (SSSR count). The number of para-hydroxylation sites is 2. The lowest BCUT2D eigenvalue weighted by Crippen LogP contribution is -2.47. The normalized spacial score (nSPS) is 14.7. The predicted molar refractivity (Wildman–Crippen MR) is 117 cm³/mol. The molecule has 0 aliphatic carbocycles. The monoisotopic (exact) mass is 408 g/mol. The van der Waals surface area contributed by atoms with Gasteiger partial charge in [-0.2, -0.15) is 0 Å². The van der Waals surface area contributed by atoms with Crippen LogP contribution in [-0.4, -0.2) is 76.7 Å². The van der Waals surface area contributed by atoms with E-state index < -0.39 is 0 Å². The van der Waals surface area contributed by atoms with Crippen molar-refractivity contribution in [3.8, 4) is 0 Å². The quantitative estimate of drug-likeness (QED) is 0.487. The van der Waals surface area contributed by atoms with E-state index in [4.69, 9.17) is 0 Å². The second kappa shape index (κ2) is 10.0. The summed E-state index contributed by atoms with van der Waals surface area (Å²) in [5, 5.41) is 5.83. The van der Waals surface area contributed by atoms with Crippen molar-refractivity contribution in [1.29, 1.82) is 0 Å². The fraction of sp³-hybridized carbons (Fsp3) is 0.429. The maximum atomic E-state index is 12.0. The lowest BCUT2D eigenvalue weighted by molar-refractivity contribution is 0.236. The Labute approximate surface area is 175 Å². The van der Waals surface area contributed by atoms with Gasteiger partial charge in [-0.1, -0.05) is 12.1 Å². The lowest BCUT2D eigenvalue weighted by atomic mass is 10.3. The third-order valence-corrected chi connectivity index (χ3v) is 5.23. The van der Waals surface area contributed by atoms with E-state index in [1.54, 1.807) is 12.4 Å².